The third kappa shape index (κ3) is 6.18. The van der Waals surface area contributed by atoms with Gasteiger partial charge in [-0.1, -0.05) is 52.5 Å². The van der Waals surface area contributed by atoms with E-state index >= 15 is 0 Å². The van der Waals surface area contributed by atoms with Crippen LogP contribution in [0.3, 0.4) is 0 Å². The first-order chi connectivity index (χ1) is 12.4. The minimum Gasteiger partial charge on any atom is -0.325 e. The number of nitrogens with one attached hydrogen (secondary N) is 2. The Labute approximate surface area is 170 Å². The molecule has 2 N–H and O–H groups in total. The first-order valence-corrected chi connectivity index (χ1v) is 8.89. The number of halogens is 4. The van der Waals surface area contributed by atoms with Crippen LogP contribution >= 0.6 is 46.4 Å². The summed E-state index contributed by atoms with van der Waals surface area (Å²) >= 11 is 23.8. The average molecular weight is 433 g/mol. The molecule has 5 nitrogen and oxygen atoms in total. The number of hydrogen-bond acceptors (Lipinski definition) is 3. The van der Waals surface area contributed by atoms with Crippen molar-refractivity contribution in [1.82, 2.24) is 5.43 Å². The number of anilines is 1. The fourth-order valence-corrected chi connectivity index (χ4v) is 2.72. The molecule has 0 spiro atoms. The van der Waals surface area contributed by atoms with Crippen LogP contribution in [0.5, 0.6) is 0 Å². The second-order valence-corrected chi connectivity index (χ2v) is 6.76. The average Bonchev–Trinajstić information content (AvgIpc) is 2.59. The van der Waals surface area contributed by atoms with Gasteiger partial charge in [-0.2, -0.15) is 5.10 Å². The van der Waals surface area contributed by atoms with E-state index in [9.17, 15) is 9.59 Å². The summed E-state index contributed by atoms with van der Waals surface area (Å²) < 4.78 is 0. The Morgan fingerprint density at radius 2 is 1.58 bits per heavy atom. The van der Waals surface area contributed by atoms with Gasteiger partial charge in [-0.05, 0) is 30.3 Å². The molecule has 9 heteroatoms. The highest BCUT2D eigenvalue weighted by atomic mass is 35.5. The lowest BCUT2D eigenvalue weighted by Crippen LogP contribution is -2.20. The zero-order valence-electron chi connectivity index (χ0n) is 13.2. The minimum absolute atomic E-state index is 0.0446. The van der Waals surface area contributed by atoms with Crippen LogP contribution in [0.15, 0.2) is 41.5 Å². The number of carbonyl (C=O) groups is 2. The third-order valence-corrected chi connectivity index (χ3v) is 4.39. The van der Waals surface area contributed by atoms with Gasteiger partial charge in [0.15, 0.2) is 0 Å². The molecular formula is C17H13Cl4N3O2. The first kappa shape index (κ1) is 20.5. The summed E-state index contributed by atoms with van der Waals surface area (Å²) in [6.45, 7) is 0. The van der Waals surface area contributed by atoms with Gasteiger partial charge in [0.1, 0.15) is 0 Å². The summed E-state index contributed by atoms with van der Waals surface area (Å²) in [5, 5.41) is 8.00. The Bertz CT molecular complexity index is 836. The lowest BCUT2D eigenvalue weighted by atomic mass is 10.2. The number of nitrogens with zero attached hydrogens (tertiary/aromatic N) is 1. The third-order valence-electron chi connectivity index (χ3n) is 3.16. The van der Waals surface area contributed by atoms with Crippen LogP contribution in [0.4, 0.5) is 5.69 Å². The largest absolute Gasteiger partial charge is 0.325 e. The van der Waals surface area contributed by atoms with Gasteiger partial charge >= 0.3 is 0 Å². The van der Waals surface area contributed by atoms with E-state index < -0.39 is 5.91 Å². The van der Waals surface area contributed by atoms with Gasteiger partial charge in [-0.15, -0.1) is 0 Å². The second kappa shape index (κ2) is 9.78. The van der Waals surface area contributed by atoms with E-state index in [-0.39, 0.29) is 18.7 Å². The van der Waals surface area contributed by atoms with Crippen molar-refractivity contribution >= 4 is 70.1 Å². The number of hydrogen-bond donors (Lipinski definition) is 2. The van der Waals surface area contributed by atoms with E-state index in [1.807, 2.05) is 0 Å². The Kier molecular flexibility index (Phi) is 7.72. The maximum Gasteiger partial charge on any atom is 0.240 e. The standard InChI is InChI=1S/C17H13Cl4N3O2/c18-10-4-5-14(21)15(8-10)23-16(25)6-7-17(26)24-22-9-11-12(19)2-1-3-13(11)20/h1-5,8-9H,6-7H2,(H,23,25)(H,24,26). The van der Waals surface area contributed by atoms with Crippen LogP contribution in [-0.2, 0) is 9.59 Å². The molecule has 0 heterocycles. The Hall–Kier alpha value is -1.79. The molecule has 0 aliphatic heterocycles. The van der Waals surface area contributed by atoms with Crippen molar-refractivity contribution < 1.29 is 9.59 Å². The van der Waals surface area contributed by atoms with E-state index in [0.717, 1.165) is 0 Å². The molecule has 0 radical (unpaired) electrons. The maximum atomic E-state index is 11.9. The number of hydrazone groups is 1. The van der Waals surface area contributed by atoms with Gasteiger partial charge in [0, 0.05) is 23.4 Å². The SMILES string of the molecule is O=C(CCC(=O)Nc1cc(Cl)ccc1Cl)NN=Cc1c(Cl)cccc1Cl. The van der Waals surface area contributed by atoms with Crippen LogP contribution < -0.4 is 10.7 Å². The Morgan fingerprint density at radius 1 is 0.923 bits per heavy atom. The predicted octanol–water partition coefficient (Wildman–Crippen LogP) is 5.17. The normalized spacial score (nSPS) is 10.8. The molecule has 0 aromatic heterocycles. The van der Waals surface area contributed by atoms with E-state index in [2.05, 4.69) is 15.8 Å². The molecule has 2 aromatic carbocycles. The zero-order chi connectivity index (χ0) is 19.1. The van der Waals surface area contributed by atoms with E-state index in [0.29, 0.717) is 31.3 Å². The van der Waals surface area contributed by atoms with E-state index in [1.54, 1.807) is 30.3 Å². The van der Waals surface area contributed by atoms with Crippen molar-refractivity contribution in [1.29, 1.82) is 0 Å². The number of amides is 2. The Morgan fingerprint density at radius 3 is 2.27 bits per heavy atom. The van der Waals surface area contributed by atoms with Crippen LogP contribution in [-0.4, -0.2) is 18.0 Å². The Balaban J connectivity index is 1.82. The maximum absolute atomic E-state index is 11.9. The van der Waals surface area contributed by atoms with Crippen LogP contribution in [0.25, 0.3) is 0 Å². The number of carbonyl (C=O) groups excluding carboxylic acids is 2. The molecule has 2 aromatic rings. The lowest BCUT2D eigenvalue weighted by molar-refractivity contribution is -0.124. The molecule has 136 valence electrons. The van der Waals surface area contributed by atoms with Gasteiger partial charge in [0.25, 0.3) is 0 Å². The molecule has 0 saturated carbocycles. The number of benzene rings is 2. The zero-order valence-corrected chi connectivity index (χ0v) is 16.3. The van der Waals surface area contributed by atoms with Gasteiger partial charge in [0.05, 0.1) is 27.0 Å². The molecule has 2 amide bonds. The highest BCUT2D eigenvalue weighted by Crippen LogP contribution is 2.25. The number of rotatable bonds is 6. The topological polar surface area (TPSA) is 70.6 Å². The molecule has 26 heavy (non-hydrogen) atoms. The molecule has 0 fully saturated rings. The van der Waals surface area contributed by atoms with E-state index in [4.69, 9.17) is 46.4 Å². The lowest BCUT2D eigenvalue weighted by Gasteiger charge is -2.07. The molecular weight excluding hydrogens is 420 g/mol. The summed E-state index contributed by atoms with van der Waals surface area (Å²) in [5.41, 5.74) is 3.19. The summed E-state index contributed by atoms with van der Waals surface area (Å²) in [6, 6.07) is 9.71. The summed E-state index contributed by atoms with van der Waals surface area (Å²) in [5.74, 6) is -0.806. The summed E-state index contributed by atoms with van der Waals surface area (Å²) in [7, 11) is 0. The minimum atomic E-state index is -0.434. The van der Waals surface area contributed by atoms with Crippen LogP contribution in [0.2, 0.25) is 20.1 Å². The van der Waals surface area contributed by atoms with Crippen molar-refractivity contribution in [2.24, 2.45) is 5.10 Å². The summed E-state index contributed by atoms with van der Waals surface area (Å²) in [6.07, 6.45) is 1.24. The molecule has 0 aliphatic carbocycles. The van der Waals surface area contributed by atoms with Crippen LogP contribution in [0.1, 0.15) is 18.4 Å². The van der Waals surface area contributed by atoms with Crippen molar-refractivity contribution in [2.75, 3.05) is 5.32 Å². The van der Waals surface area contributed by atoms with Crippen molar-refractivity contribution in [2.45, 2.75) is 12.8 Å². The van der Waals surface area contributed by atoms with Crippen LogP contribution in [0, 0.1) is 0 Å². The van der Waals surface area contributed by atoms with Gasteiger partial charge in [0.2, 0.25) is 11.8 Å². The highest BCUT2D eigenvalue weighted by molar-refractivity contribution is 6.38. The molecule has 0 saturated heterocycles. The molecule has 0 aliphatic rings. The molecule has 0 bridgehead atoms. The molecule has 2 rings (SSSR count). The fourth-order valence-electron chi connectivity index (χ4n) is 1.89. The quantitative estimate of drug-likeness (QED) is 0.488. The first-order valence-electron chi connectivity index (χ1n) is 7.37. The van der Waals surface area contributed by atoms with Gasteiger partial charge in [-0.3, -0.25) is 9.59 Å². The second-order valence-electron chi connectivity index (χ2n) is 5.10. The predicted molar refractivity (Wildman–Crippen MR) is 107 cm³/mol. The van der Waals surface area contributed by atoms with Gasteiger partial charge in [-0.25, -0.2) is 5.43 Å². The highest BCUT2D eigenvalue weighted by Gasteiger charge is 2.09. The summed E-state index contributed by atoms with van der Waals surface area (Å²) in [4.78, 5) is 23.7. The van der Waals surface area contributed by atoms with Crippen molar-refractivity contribution in [3.63, 3.8) is 0 Å². The van der Waals surface area contributed by atoms with Crippen molar-refractivity contribution in [3.05, 3.63) is 62.1 Å². The van der Waals surface area contributed by atoms with Crippen molar-refractivity contribution in [3.8, 4) is 0 Å². The molecule has 0 unspecified atom stereocenters. The monoisotopic (exact) mass is 431 g/mol. The van der Waals surface area contributed by atoms with Gasteiger partial charge < -0.3 is 5.32 Å². The smallest absolute Gasteiger partial charge is 0.240 e. The fraction of sp³-hybridized carbons (Fsp3) is 0.118. The molecule has 0 atom stereocenters. The van der Waals surface area contributed by atoms with E-state index in [1.165, 1.54) is 12.3 Å².